The standard InChI is InChI=1S/C27H24N4O3/c1-17-23(26(33)30(28-17)19-11-5-3-6-12-19)25(21-15-9-10-16-22(21)32)24-18(2)29-31(27(24)34)20-13-7-4-8-14-20/h3-16,23-25,32H,1-2H3. The van der Waals surface area contributed by atoms with Gasteiger partial charge in [0.2, 0.25) is 0 Å². The summed E-state index contributed by atoms with van der Waals surface area (Å²) in [7, 11) is 0. The summed E-state index contributed by atoms with van der Waals surface area (Å²) >= 11 is 0. The van der Waals surface area contributed by atoms with Crippen LogP contribution in [0, 0.1) is 11.8 Å². The molecule has 0 saturated heterocycles. The molecule has 34 heavy (non-hydrogen) atoms. The van der Waals surface area contributed by atoms with E-state index in [2.05, 4.69) is 10.2 Å². The first-order valence-electron chi connectivity index (χ1n) is 11.1. The summed E-state index contributed by atoms with van der Waals surface area (Å²) in [6.45, 7) is 3.58. The monoisotopic (exact) mass is 452 g/mol. The van der Waals surface area contributed by atoms with Crippen molar-refractivity contribution in [3.8, 4) is 5.75 Å². The topological polar surface area (TPSA) is 85.6 Å². The molecule has 2 aliphatic heterocycles. The minimum atomic E-state index is -0.733. The molecule has 2 heterocycles. The van der Waals surface area contributed by atoms with Gasteiger partial charge in [-0.25, -0.2) is 10.0 Å². The van der Waals surface area contributed by atoms with E-state index in [4.69, 9.17) is 0 Å². The van der Waals surface area contributed by atoms with Crippen LogP contribution in [0.1, 0.15) is 25.3 Å². The van der Waals surface area contributed by atoms with Gasteiger partial charge in [0.15, 0.2) is 0 Å². The van der Waals surface area contributed by atoms with E-state index in [9.17, 15) is 14.7 Å². The van der Waals surface area contributed by atoms with Crippen LogP contribution in [0.25, 0.3) is 0 Å². The highest BCUT2D eigenvalue weighted by Crippen LogP contribution is 2.44. The van der Waals surface area contributed by atoms with E-state index in [1.54, 1.807) is 38.1 Å². The summed E-state index contributed by atoms with van der Waals surface area (Å²) < 4.78 is 0. The highest BCUT2D eigenvalue weighted by molar-refractivity contribution is 6.19. The molecule has 7 heteroatoms. The molecule has 7 nitrogen and oxygen atoms in total. The highest BCUT2D eigenvalue weighted by Gasteiger charge is 2.50. The zero-order valence-corrected chi connectivity index (χ0v) is 18.9. The van der Waals surface area contributed by atoms with Crippen molar-refractivity contribution in [3.63, 3.8) is 0 Å². The smallest absolute Gasteiger partial charge is 0.256 e. The van der Waals surface area contributed by atoms with Crippen molar-refractivity contribution in [3.05, 3.63) is 90.5 Å². The largest absolute Gasteiger partial charge is 0.508 e. The molecule has 0 aromatic heterocycles. The number of aromatic hydroxyl groups is 1. The molecule has 0 fully saturated rings. The van der Waals surface area contributed by atoms with Gasteiger partial charge in [0, 0.05) is 17.3 Å². The maximum atomic E-state index is 13.7. The lowest BCUT2D eigenvalue weighted by Crippen LogP contribution is -2.40. The van der Waals surface area contributed by atoms with Gasteiger partial charge < -0.3 is 5.11 Å². The average Bonchev–Trinajstić information content (AvgIpc) is 3.32. The Morgan fingerprint density at radius 3 is 1.53 bits per heavy atom. The van der Waals surface area contributed by atoms with Crippen molar-refractivity contribution in [2.45, 2.75) is 19.8 Å². The van der Waals surface area contributed by atoms with E-state index in [0.717, 1.165) is 0 Å². The molecule has 2 aliphatic rings. The number of rotatable bonds is 5. The Bertz CT molecular complexity index is 1220. The van der Waals surface area contributed by atoms with Crippen LogP contribution in [0.15, 0.2) is 95.1 Å². The Balaban J connectivity index is 1.59. The molecule has 0 bridgehead atoms. The Morgan fingerprint density at radius 2 is 1.09 bits per heavy atom. The van der Waals surface area contributed by atoms with Crippen LogP contribution in [-0.2, 0) is 9.59 Å². The van der Waals surface area contributed by atoms with Gasteiger partial charge in [0.05, 0.1) is 23.2 Å². The SMILES string of the molecule is CC1=NN(c2ccccc2)C(=O)C1C(c1ccccc1O)C1C(=O)N(c2ccccc2)N=C1C. The predicted molar refractivity (Wildman–Crippen MR) is 132 cm³/mol. The van der Waals surface area contributed by atoms with Gasteiger partial charge in [0.25, 0.3) is 11.8 Å². The van der Waals surface area contributed by atoms with Crippen LogP contribution in [0.2, 0.25) is 0 Å². The number of carbonyl (C=O) groups is 2. The molecule has 2 unspecified atom stereocenters. The number of hydrazone groups is 2. The number of benzene rings is 3. The second kappa shape index (κ2) is 8.59. The number of para-hydroxylation sites is 3. The second-order valence-corrected chi connectivity index (χ2v) is 8.49. The zero-order valence-electron chi connectivity index (χ0n) is 18.9. The number of anilines is 2. The first-order valence-corrected chi connectivity index (χ1v) is 11.1. The predicted octanol–water partition coefficient (Wildman–Crippen LogP) is 4.55. The molecule has 2 amide bonds. The van der Waals surface area contributed by atoms with E-state index in [1.807, 2.05) is 60.7 Å². The van der Waals surface area contributed by atoms with Crippen molar-refractivity contribution < 1.29 is 14.7 Å². The molecule has 0 saturated carbocycles. The fourth-order valence-electron chi connectivity index (χ4n) is 4.82. The first-order chi connectivity index (χ1) is 16.5. The van der Waals surface area contributed by atoms with E-state index < -0.39 is 17.8 Å². The molecule has 2 atom stereocenters. The molecule has 5 rings (SSSR count). The van der Waals surface area contributed by atoms with Gasteiger partial charge >= 0.3 is 0 Å². The van der Waals surface area contributed by atoms with Crippen molar-refractivity contribution in [2.75, 3.05) is 10.0 Å². The van der Waals surface area contributed by atoms with Gasteiger partial charge in [0.1, 0.15) is 5.75 Å². The van der Waals surface area contributed by atoms with E-state index in [1.165, 1.54) is 10.0 Å². The number of phenolic OH excluding ortho intramolecular Hbond substituents is 1. The van der Waals surface area contributed by atoms with Crippen molar-refractivity contribution >= 4 is 34.6 Å². The van der Waals surface area contributed by atoms with Crippen molar-refractivity contribution in [1.82, 2.24) is 0 Å². The Morgan fingerprint density at radius 1 is 0.676 bits per heavy atom. The van der Waals surface area contributed by atoms with Gasteiger partial charge in [-0.1, -0.05) is 54.6 Å². The minimum absolute atomic E-state index is 0.0324. The van der Waals surface area contributed by atoms with Gasteiger partial charge in [-0.15, -0.1) is 0 Å². The third kappa shape index (κ3) is 3.55. The number of nitrogens with zero attached hydrogens (tertiary/aromatic N) is 4. The Hall–Kier alpha value is -4.26. The average molecular weight is 453 g/mol. The molecule has 1 N–H and O–H groups in total. The summed E-state index contributed by atoms with van der Waals surface area (Å²) in [6, 6.07) is 25.2. The third-order valence-electron chi connectivity index (χ3n) is 6.38. The lowest BCUT2D eigenvalue weighted by Gasteiger charge is -2.29. The number of hydrogen-bond acceptors (Lipinski definition) is 5. The Labute approximate surface area is 197 Å². The molecule has 170 valence electrons. The van der Waals surface area contributed by atoms with Crippen LogP contribution in [0.3, 0.4) is 0 Å². The molecule has 0 aliphatic carbocycles. The van der Waals surface area contributed by atoms with E-state index in [0.29, 0.717) is 28.4 Å². The molecule has 0 spiro atoms. The van der Waals surface area contributed by atoms with Gasteiger partial charge in [-0.05, 0) is 49.7 Å². The number of phenols is 1. The summed E-state index contributed by atoms with van der Waals surface area (Å²) in [5.41, 5.74) is 2.99. The van der Waals surface area contributed by atoms with E-state index >= 15 is 0 Å². The van der Waals surface area contributed by atoms with Gasteiger partial charge in [-0.2, -0.15) is 10.2 Å². The second-order valence-electron chi connectivity index (χ2n) is 8.49. The lowest BCUT2D eigenvalue weighted by atomic mass is 9.72. The number of hydrogen-bond donors (Lipinski definition) is 1. The summed E-state index contributed by atoms with van der Waals surface area (Å²) in [6.07, 6.45) is 0. The Kier molecular flexibility index (Phi) is 5.45. The molecule has 3 aromatic carbocycles. The quantitative estimate of drug-likeness (QED) is 0.616. The number of carbonyl (C=O) groups excluding carboxylic acids is 2. The zero-order chi connectivity index (χ0) is 23.8. The third-order valence-corrected chi connectivity index (χ3v) is 6.38. The van der Waals surface area contributed by atoms with Gasteiger partial charge in [-0.3, -0.25) is 9.59 Å². The fraction of sp³-hybridized carbons (Fsp3) is 0.185. The van der Waals surface area contributed by atoms with Crippen LogP contribution in [-0.4, -0.2) is 28.3 Å². The fourth-order valence-corrected chi connectivity index (χ4v) is 4.82. The van der Waals surface area contributed by atoms with Crippen molar-refractivity contribution in [2.24, 2.45) is 22.0 Å². The van der Waals surface area contributed by atoms with Crippen LogP contribution in [0.5, 0.6) is 5.75 Å². The first kappa shape index (κ1) is 21.6. The minimum Gasteiger partial charge on any atom is -0.508 e. The normalized spacial score (nSPS) is 21.0. The maximum absolute atomic E-state index is 13.7. The van der Waals surface area contributed by atoms with E-state index in [-0.39, 0.29) is 17.6 Å². The van der Waals surface area contributed by atoms with Crippen LogP contribution < -0.4 is 10.0 Å². The molecule has 0 radical (unpaired) electrons. The van der Waals surface area contributed by atoms with Crippen LogP contribution in [0.4, 0.5) is 11.4 Å². The van der Waals surface area contributed by atoms with Crippen LogP contribution >= 0.6 is 0 Å². The summed E-state index contributed by atoms with van der Waals surface area (Å²) in [5.74, 6) is -2.58. The summed E-state index contributed by atoms with van der Waals surface area (Å²) in [4.78, 5) is 27.5. The molecule has 3 aromatic rings. The molecular weight excluding hydrogens is 428 g/mol. The maximum Gasteiger partial charge on any atom is 0.256 e. The van der Waals surface area contributed by atoms with Crippen molar-refractivity contribution in [1.29, 1.82) is 0 Å². The highest BCUT2D eigenvalue weighted by atomic mass is 16.3. The number of amides is 2. The lowest BCUT2D eigenvalue weighted by molar-refractivity contribution is -0.122. The molecular formula is C27H24N4O3. The summed E-state index contributed by atoms with van der Waals surface area (Å²) in [5, 5.41) is 22.6.